The molecule has 3 aromatic carbocycles. The van der Waals surface area contributed by atoms with Crippen molar-refractivity contribution < 1.29 is 18.3 Å². The van der Waals surface area contributed by atoms with E-state index in [-0.39, 0.29) is 22.0 Å². The number of aromatic hydroxyl groups is 1. The Hall–Kier alpha value is -3.50. The number of nitrogens with zero attached hydrogens (tertiary/aromatic N) is 2. The quantitative estimate of drug-likeness (QED) is 0.336. The maximum atomic E-state index is 12.9. The number of hydrogen-bond acceptors (Lipinski definition) is 6. The Kier molecular flexibility index (Phi) is 6.06. The van der Waals surface area contributed by atoms with Crippen molar-refractivity contribution in [2.75, 3.05) is 11.3 Å². The van der Waals surface area contributed by atoms with Crippen LogP contribution in [0.4, 0.5) is 11.4 Å². The molecule has 0 saturated heterocycles. The molecule has 3 N–H and O–H groups in total. The zero-order valence-corrected chi connectivity index (χ0v) is 18.9. The van der Waals surface area contributed by atoms with E-state index in [4.69, 9.17) is 0 Å². The van der Waals surface area contributed by atoms with Gasteiger partial charge in [0.1, 0.15) is 5.69 Å². The van der Waals surface area contributed by atoms with Crippen LogP contribution < -0.4 is 10.0 Å². The molecule has 1 amide bonds. The molecule has 0 radical (unpaired) electrons. The summed E-state index contributed by atoms with van der Waals surface area (Å²) in [6.07, 6.45) is 4.87. The third-order valence-electron chi connectivity index (χ3n) is 4.68. The van der Waals surface area contributed by atoms with Crippen molar-refractivity contribution in [1.29, 1.82) is 0 Å². The molecule has 1 aliphatic rings. The summed E-state index contributed by atoms with van der Waals surface area (Å²) in [6, 6.07) is 14.2. The summed E-state index contributed by atoms with van der Waals surface area (Å²) in [6.45, 7) is 0.496. The standard InChI is InChI=1S/C22H17BrN4O4S/c23-15-5-7-16(8-6-15)32(30,31)27-19-13-20(21(28)18-4-2-1-3-17(18)19)25-26-22(29)14-9-11-24-12-10-14/h1-11,13,24,27-28H,12H2. The van der Waals surface area contributed by atoms with Crippen molar-refractivity contribution in [3.05, 3.63) is 83.0 Å². The lowest BCUT2D eigenvalue weighted by Gasteiger charge is -2.13. The van der Waals surface area contributed by atoms with Gasteiger partial charge in [-0.2, -0.15) is 0 Å². The number of carbonyl (C=O) groups excluding carboxylic acids is 1. The molecule has 0 aromatic heterocycles. The van der Waals surface area contributed by atoms with Crippen molar-refractivity contribution >= 4 is 54.0 Å². The number of sulfonamides is 1. The van der Waals surface area contributed by atoms with Crippen LogP contribution in [0.15, 0.2) is 98.1 Å². The number of phenols is 1. The topological polar surface area (TPSA) is 120 Å². The number of hydrogen-bond donors (Lipinski definition) is 3. The zero-order valence-electron chi connectivity index (χ0n) is 16.5. The van der Waals surface area contributed by atoms with Crippen molar-refractivity contribution in [3.63, 3.8) is 0 Å². The molecule has 0 spiro atoms. The predicted molar refractivity (Wildman–Crippen MR) is 125 cm³/mol. The molecule has 162 valence electrons. The average Bonchev–Trinajstić information content (AvgIpc) is 2.80. The monoisotopic (exact) mass is 512 g/mol. The number of carbonyl (C=O) groups is 1. The van der Waals surface area contributed by atoms with Crippen LogP contribution in [-0.4, -0.2) is 26.0 Å². The molecule has 1 heterocycles. The molecular formula is C22H17BrN4O4S. The first-order chi connectivity index (χ1) is 15.3. The lowest BCUT2D eigenvalue weighted by molar-refractivity contribution is -0.114. The number of dihydropyridines is 1. The highest BCUT2D eigenvalue weighted by molar-refractivity contribution is 9.10. The fourth-order valence-corrected chi connectivity index (χ4v) is 4.43. The summed E-state index contributed by atoms with van der Waals surface area (Å²) in [7, 11) is -3.92. The Labute approximate surface area is 192 Å². The molecule has 8 nitrogen and oxygen atoms in total. The van der Waals surface area contributed by atoms with E-state index in [1.54, 1.807) is 54.8 Å². The van der Waals surface area contributed by atoms with Crippen molar-refractivity contribution in [3.8, 4) is 5.75 Å². The normalized spacial score (nSPS) is 13.7. The minimum Gasteiger partial charge on any atom is -0.505 e. The van der Waals surface area contributed by atoms with E-state index < -0.39 is 15.9 Å². The van der Waals surface area contributed by atoms with Crippen molar-refractivity contribution in [2.45, 2.75) is 4.90 Å². The molecule has 4 rings (SSSR count). The molecule has 0 bridgehead atoms. The van der Waals surface area contributed by atoms with E-state index in [9.17, 15) is 18.3 Å². The third kappa shape index (κ3) is 4.56. The first-order valence-corrected chi connectivity index (χ1v) is 11.7. The highest BCUT2D eigenvalue weighted by Gasteiger charge is 2.19. The van der Waals surface area contributed by atoms with Crippen molar-refractivity contribution in [1.82, 2.24) is 5.32 Å². The van der Waals surface area contributed by atoms with Gasteiger partial charge in [0, 0.05) is 27.4 Å². The highest BCUT2D eigenvalue weighted by Crippen LogP contribution is 2.40. The van der Waals surface area contributed by atoms with Gasteiger partial charge in [0.15, 0.2) is 5.75 Å². The lowest BCUT2D eigenvalue weighted by Crippen LogP contribution is -2.13. The summed E-state index contributed by atoms with van der Waals surface area (Å²) in [4.78, 5) is 12.3. The number of phenolic OH excluding ortho intramolecular Hbond substituents is 1. The Bertz CT molecular complexity index is 1400. The number of rotatable bonds is 5. The van der Waals surface area contributed by atoms with Crippen LogP contribution in [0.5, 0.6) is 5.75 Å². The van der Waals surface area contributed by atoms with Crippen LogP contribution in [-0.2, 0) is 14.8 Å². The summed E-state index contributed by atoms with van der Waals surface area (Å²) in [5, 5.41) is 22.0. The average molecular weight is 513 g/mol. The number of amides is 1. The van der Waals surface area contributed by atoms with Gasteiger partial charge in [0.2, 0.25) is 0 Å². The minimum atomic E-state index is -3.92. The molecule has 0 saturated carbocycles. The Morgan fingerprint density at radius 2 is 1.81 bits per heavy atom. The number of halogens is 1. The molecule has 0 atom stereocenters. The molecule has 3 aromatic rings. The van der Waals surface area contributed by atoms with Crippen LogP contribution in [0.25, 0.3) is 10.8 Å². The zero-order chi connectivity index (χ0) is 22.7. The fourth-order valence-electron chi connectivity index (χ4n) is 3.09. The van der Waals surface area contributed by atoms with E-state index >= 15 is 0 Å². The van der Waals surface area contributed by atoms with E-state index in [2.05, 4.69) is 36.2 Å². The van der Waals surface area contributed by atoms with E-state index in [0.29, 0.717) is 22.9 Å². The summed E-state index contributed by atoms with van der Waals surface area (Å²) < 4.78 is 29.1. The van der Waals surface area contributed by atoms with Gasteiger partial charge in [-0.3, -0.25) is 9.52 Å². The Morgan fingerprint density at radius 3 is 2.50 bits per heavy atom. The summed E-state index contributed by atoms with van der Waals surface area (Å²) >= 11 is 3.28. The van der Waals surface area contributed by atoms with Crippen LogP contribution in [0.1, 0.15) is 0 Å². The van der Waals surface area contributed by atoms with E-state index in [0.717, 1.165) is 4.47 Å². The van der Waals surface area contributed by atoms with Gasteiger partial charge in [-0.05, 0) is 42.6 Å². The van der Waals surface area contributed by atoms with Crippen LogP contribution in [0.2, 0.25) is 0 Å². The van der Waals surface area contributed by atoms with Crippen LogP contribution in [0.3, 0.4) is 0 Å². The number of anilines is 1. The van der Waals surface area contributed by atoms with Gasteiger partial charge in [0.25, 0.3) is 15.9 Å². The second kappa shape index (κ2) is 8.93. The molecular weight excluding hydrogens is 496 g/mol. The van der Waals surface area contributed by atoms with Gasteiger partial charge in [-0.25, -0.2) is 8.42 Å². The number of azo groups is 1. The predicted octanol–water partition coefficient (Wildman–Crippen LogP) is 4.76. The van der Waals surface area contributed by atoms with Gasteiger partial charge >= 0.3 is 0 Å². The molecule has 1 aliphatic heterocycles. The first kappa shape index (κ1) is 21.7. The number of fused-ring (bicyclic) bond motifs is 1. The first-order valence-electron chi connectivity index (χ1n) is 9.44. The minimum absolute atomic E-state index is 0.0379. The second-order valence-electron chi connectivity index (χ2n) is 6.80. The summed E-state index contributed by atoms with van der Waals surface area (Å²) in [5.74, 6) is -0.786. The molecule has 0 fully saturated rings. The molecule has 32 heavy (non-hydrogen) atoms. The number of benzene rings is 3. The SMILES string of the molecule is O=C(N=Nc1cc(NS(=O)(=O)c2ccc(Br)cc2)c2ccccc2c1O)C1=CCNC=C1. The Balaban J connectivity index is 1.74. The van der Waals surface area contributed by atoms with Gasteiger partial charge in [0.05, 0.1) is 10.6 Å². The fraction of sp³-hybridized carbons (Fsp3) is 0.0455. The number of nitrogens with one attached hydrogen (secondary N) is 2. The van der Waals surface area contributed by atoms with E-state index in [1.807, 2.05) is 0 Å². The van der Waals surface area contributed by atoms with E-state index in [1.165, 1.54) is 18.2 Å². The van der Waals surface area contributed by atoms with Gasteiger partial charge in [-0.15, -0.1) is 10.2 Å². The molecule has 10 heteroatoms. The highest BCUT2D eigenvalue weighted by atomic mass is 79.9. The third-order valence-corrected chi connectivity index (χ3v) is 6.59. The Morgan fingerprint density at radius 1 is 1.09 bits per heavy atom. The van der Waals surface area contributed by atoms with Gasteiger partial charge < -0.3 is 10.4 Å². The second-order valence-corrected chi connectivity index (χ2v) is 9.40. The maximum Gasteiger partial charge on any atom is 0.295 e. The van der Waals surface area contributed by atoms with Crippen LogP contribution >= 0.6 is 15.9 Å². The van der Waals surface area contributed by atoms with Gasteiger partial charge in [-0.1, -0.05) is 46.3 Å². The van der Waals surface area contributed by atoms with Crippen molar-refractivity contribution in [2.24, 2.45) is 10.2 Å². The van der Waals surface area contributed by atoms with Crippen LogP contribution in [0, 0.1) is 0 Å². The lowest BCUT2D eigenvalue weighted by atomic mass is 10.1. The summed E-state index contributed by atoms with van der Waals surface area (Å²) in [5.41, 5.74) is 0.525. The maximum absolute atomic E-state index is 12.9. The molecule has 0 unspecified atom stereocenters. The largest absolute Gasteiger partial charge is 0.505 e. The molecule has 0 aliphatic carbocycles. The smallest absolute Gasteiger partial charge is 0.295 e.